The van der Waals surface area contributed by atoms with Gasteiger partial charge in [0.2, 0.25) is 0 Å². The zero-order valence-corrected chi connectivity index (χ0v) is 5.78. The lowest BCUT2D eigenvalue weighted by molar-refractivity contribution is 0.367. The van der Waals surface area contributed by atoms with Crippen LogP contribution in [-0.4, -0.2) is 23.2 Å². The number of nitrogens with zero attached hydrogens (tertiary/aromatic N) is 1. The first-order valence-corrected chi connectivity index (χ1v) is 3.42. The molecule has 0 atom stereocenters. The molecular weight excluding hydrogens is 134 g/mol. The molecule has 0 spiro atoms. The maximum Gasteiger partial charge on any atom is 0.264 e. The van der Waals surface area contributed by atoms with Gasteiger partial charge in [-0.25, -0.2) is 0 Å². The van der Waals surface area contributed by atoms with Crippen LogP contribution in [0.4, 0.5) is 0 Å². The highest BCUT2D eigenvalue weighted by atomic mass is 32.1. The van der Waals surface area contributed by atoms with E-state index in [0.717, 1.165) is 13.0 Å². The van der Waals surface area contributed by atoms with Crippen LogP contribution in [0.3, 0.4) is 0 Å². The van der Waals surface area contributed by atoms with E-state index in [1.807, 2.05) is 0 Å². The second kappa shape index (κ2) is 1.70. The fourth-order valence-corrected chi connectivity index (χ4v) is 1.44. The second-order valence-corrected chi connectivity index (χ2v) is 2.54. The van der Waals surface area contributed by atoms with Crippen LogP contribution in [0.1, 0.15) is 6.42 Å². The van der Waals surface area contributed by atoms with Gasteiger partial charge in [0.15, 0.2) is 0 Å². The van der Waals surface area contributed by atoms with Crippen LogP contribution in [0.5, 0.6) is 0 Å². The first-order chi connectivity index (χ1) is 4.38. The lowest BCUT2D eigenvalue weighted by Gasteiger charge is -2.07. The Balaban J connectivity index is 2.29. The van der Waals surface area contributed by atoms with Gasteiger partial charge in [0, 0.05) is 6.54 Å². The molecule has 0 N–H and O–H groups in total. The third-order valence-electron chi connectivity index (χ3n) is 1.64. The Bertz CT molecular complexity index is 187. The van der Waals surface area contributed by atoms with E-state index in [0.29, 0.717) is 11.8 Å². The Morgan fingerprint density at radius 1 is 1.67 bits per heavy atom. The van der Waals surface area contributed by atoms with Crippen molar-refractivity contribution in [3.05, 3.63) is 11.8 Å². The molecule has 0 amide bonds. The summed E-state index contributed by atoms with van der Waals surface area (Å²) in [4.78, 5) is 2.05. The van der Waals surface area contributed by atoms with Gasteiger partial charge in [-0.05, 0) is 18.6 Å². The molecule has 1 fully saturated rings. The summed E-state index contributed by atoms with van der Waals surface area (Å²) in [7, 11) is 0. The van der Waals surface area contributed by atoms with Crippen molar-refractivity contribution < 1.29 is 4.74 Å². The third kappa shape index (κ3) is 0.645. The molecule has 0 aliphatic carbocycles. The molecule has 2 aliphatic rings. The summed E-state index contributed by atoms with van der Waals surface area (Å²) in [5, 5.41) is 0.652. The minimum Gasteiger partial charge on any atom is -0.464 e. The SMILES string of the molecule is S=C1OCC2=CCCN12. The Hall–Kier alpha value is -0.570. The molecule has 2 rings (SSSR count). The molecule has 0 aromatic heterocycles. The van der Waals surface area contributed by atoms with Gasteiger partial charge in [-0.15, -0.1) is 0 Å². The molecule has 0 bridgehead atoms. The third-order valence-corrected chi connectivity index (χ3v) is 1.98. The summed E-state index contributed by atoms with van der Waals surface area (Å²) in [5.41, 5.74) is 1.25. The Morgan fingerprint density at radius 2 is 2.56 bits per heavy atom. The highest BCUT2D eigenvalue weighted by Crippen LogP contribution is 2.21. The van der Waals surface area contributed by atoms with Gasteiger partial charge in [0.1, 0.15) is 6.61 Å². The normalized spacial score (nSPS) is 23.8. The van der Waals surface area contributed by atoms with E-state index >= 15 is 0 Å². The highest BCUT2D eigenvalue weighted by molar-refractivity contribution is 7.80. The molecule has 0 unspecified atom stereocenters. The van der Waals surface area contributed by atoms with E-state index in [-0.39, 0.29) is 0 Å². The van der Waals surface area contributed by atoms with Gasteiger partial charge >= 0.3 is 0 Å². The van der Waals surface area contributed by atoms with E-state index in [1.54, 1.807) is 0 Å². The molecule has 0 saturated carbocycles. The Morgan fingerprint density at radius 3 is 3.33 bits per heavy atom. The first kappa shape index (κ1) is 5.23. The fraction of sp³-hybridized carbons (Fsp3) is 0.500. The van der Waals surface area contributed by atoms with Crippen molar-refractivity contribution in [3.63, 3.8) is 0 Å². The Labute approximate surface area is 59.1 Å². The van der Waals surface area contributed by atoms with Crippen LogP contribution < -0.4 is 0 Å². The van der Waals surface area contributed by atoms with Crippen LogP contribution in [0.25, 0.3) is 0 Å². The number of rotatable bonds is 0. The van der Waals surface area contributed by atoms with E-state index in [4.69, 9.17) is 17.0 Å². The van der Waals surface area contributed by atoms with Gasteiger partial charge in [0.25, 0.3) is 5.17 Å². The van der Waals surface area contributed by atoms with Crippen molar-refractivity contribution >= 4 is 17.4 Å². The summed E-state index contributed by atoms with van der Waals surface area (Å²) in [6.07, 6.45) is 3.30. The molecule has 0 aromatic rings. The summed E-state index contributed by atoms with van der Waals surface area (Å²) in [6, 6.07) is 0. The minimum atomic E-state index is 0.652. The molecule has 48 valence electrons. The fourth-order valence-electron chi connectivity index (χ4n) is 1.17. The predicted molar refractivity (Wildman–Crippen MR) is 38.0 cm³/mol. The number of fused-ring (bicyclic) bond motifs is 1. The molecule has 3 heteroatoms. The number of hydrogen-bond acceptors (Lipinski definition) is 2. The van der Waals surface area contributed by atoms with Crippen molar-refractivity contribution in [2.75, 3.05) is 13.2 Å². The molecule has 0 aromatic carbocycles. The van der Waals surface area contributed by atoms with Crippen LogP contribution in [0.2, 0.25) is 0 Å². The van der Waals surface area contributed by atoms with E-state index in [1.165, 1.54) is 5.70 Å². The van der Waals surface area contributed by atoms with Crippen LogP contribution >= 0.6 is 12.2 Å². The summed E-state index contributed by atoms with van der Waals surface area (Å²) >= 11 is 4.92. The maximum atomic E-state index is 5.11. The van der Waals surface area contributed by atoms with Crippen molar-refractivity contribution in [2.24, 2.45) is 0 Å². The first-order valence-electron chi connectivity index (χ1n) is 3.01. The standard InChI is InChI=1S/C6H7NOS/c9-6-7-3-1-2-5(7)4-8-6/h2H,1,3-4H2. The number of hydrogen-bond donors (Lipinski definition) is 0. The van der Waals surface area contributed by atoms with Gasteiger partial charge in [-0.1, -0.05) is 6.08 Å². The Kier molecular flexibility index (Phi) is 0.990. The molecule has 9 heavy (non-hydrogen) atoms. The summed E-state index contributed by atoms with van der Waals surface area (Å²) < 4.78 is 5.11. The van der Waals surface area contributed by atoms with Crippen molar-refractivity contribution in [2.45, 2.75) is 6.42 Å². The monoisotopic (exact) mass is 141 g/mol. The predicted octanol–water partition coefficient (Wildman–Crippen LogP) is 0.891. The average Bonchev–Trinajstić information content (AvgIpc) is 2.35. The van der Waals surface area contributed by atoms with Gasteiger partial charge < -0.3 is 9.64 Å². The summed E-state index contributed by atoms with van der Waals surface area (Å²) in [6.45, 7) is 1.72. The van der Waals surface area contributed by atoms with Crippen molar-refractivity contribution in [1.82, 2.24) is 4.90 Å². The molecule has 2 nitrogen and oxygen atoms in total. The van der Waals surface area contributed by atoms with Crippen molar-refractivity contribution in [1.29, 1.82) is 0 Å². The van der Waals surface area contributed by atoms with Gasteiger partial charge in [0.05, 0.1) is 5.70 Å². The quantitative estimate of drug-likeness (QED) is 0.465. The minimum absolute atomic E-state index is 0.652. The number of ether oxygens (including phenoxy) is 1. The second-order valence-electron chi connectivity index (χ2n) is 2.19. The lowest BCUT2D eigenvalue weighted by atomic mass is 10.4. The van der Waals surface area contributed by atoms with Gasteiger partial charge in [-0.3, -0.25) is 0 Å². The molecular formula is C6H7NOS. The molecule has 1 saturated heterocycles. The lowest BCUT2D eigenvalue weighted by Crippen LogP contribution is -2.19. The van der Waals surface area contributed by atoms with E-state index in [9.17, 15) is 0 Å². The van der Waals surface area contributed by atoms with Gasteiger partial charge in [-0.2, -0.15) is 0 Å². The molecule has 0 radical (unpaired) electrons. The van der Waals surface area contributed by atoms with E-state index in [2.05, 4.69) is 11.0 Å². The largest absolute Gasteiger partial charge is 0.464 e. The zero-order chi connectivity index (χ0) is 6.27. The average molecular weight is 141 g/mol. The van der Waals surface area contributed by atoms with E-state index < -0.39 is 0 Å². The van der Waals surface area contributed by atoms with Crippen LogP contribution in [0, 0.1) is 0 Å². The molecule has 2 heterocycles. The highest BCUT2D eigenvalue weighted by Gasteiger charge is 2.26. The van der Waals surface area contributed by atoms with Crippen LogP contribution in [0.15, 0.2) is 11.8 Å². The molecule has 2 aliphatic heterocycles. The smallest absolute Gasteiger partial charge is 0.264 e. The maximum absolute atomic E-state index is 5.11. The summed E-state index contributed by atoms with van der Waals surface area (Å²) in [5.74, 6) is 0. The number of thiocarbonyl (C=S) groups is 1. The topological polar surface area (TPSA) is 12.5 Å². The van der Waals surface area contributed by atoms with Crippen molar-refractivity contribution in [3.8, 4) is 0 Å². The zero-order valence-electron chi connectivity index (χ0n) is 4.96. The van der Waals surface area contributed by atoms with Crippen LogP contribution in [-0.2, 0) is 4.74 Å².